The van der Waals surface area contributed by atoms with Crippen LogP contribution in [0.2, 0.25) is 0 Å². The van der Waals surface area contributed by atoms with Crippen LogP contribution in [0, 0.1) is 0 Å². The van der Waals surface area contributed by atoms with Crippen molar-refractivity contribution in [3.8, 4) is 11.1 Å². The molecule has 0 saturated carbocycles. The molecule has 5 heteroatoms. The molecule has 3 rings (SSSR count). The highest BCUT2D eigenvalue weighted by Gasteiger charge is 2.12. The largest absolute Gasteiger partial charge is 0.378 e. The van der Waals surface area contributed by atoms with E-state index in [2.05, 4.69) is 9.88 Å². The van der Waals surface area contributed by atoms with Crippen LogP contribution in [0.15, 0.2) is 42.6 Å². The van der Waals surface area contributed by atoms with E-state index in [4.69, 9.17) is 10.5 Å². The highest BCUT2D eigenvalue weighted by molar-refractivity contribution is 5.94. The Hall–Kier alpha value is -2.40. The summed E-state index contributed by atoms with van der Waals surface area (Å²) in [6.45, 7) is 3.21. The minimum Gasteiger partial charge on any atom is -0.378 e. The molecule has 108 valence electrons. The van der Waals surface area contributed by atoms with E-state index in [9.17, 15) is 4.79 Å². The van der Waals surface area contributed by atoms with E-state index in [1.165, 1.54) is 0 Å². The molecule has 1 amide bonds. The van der Waals surface area contributed by atoms with Gasteiger partial charge in [0.05, 0.1) is 13.2 Å². The molecule has 1 saturated heterocycles. The lowest BCUT2D eigenvalue weighted by molar-refractivity contribution is 0.100. The third kappa shape index (κ3) is 3.03. The van der Waals surface area contributed by atoms with E-state index in [1.807, 2.05) is 30.5 Å². The second-order valence-electron chi connectivity index (χ2n) is 4.95. The molecule has 0 aliphatic carbocycles. The molecule has 5 nitrogen and oxygen atoms in total. The molecule has 0 atom stereocenters. The Morgan fingerprint density at radius 2 is 1.95 bits per heavy atom. The maximum Gasteiger partial charge on any atom is 0.248 e. The van der Waals surface area contributed by atoms with Crippen molar-refractivity contribution in [2.45, 2.75) is 0 Å². The Morgan fingerprint density at radius 1 is 1.14 bits per heavy atom. The minimum atomic E-state index is -0.422. The predicted octanol–water partition coefficient (Wildman–Crippen LogP) is 1.68. The Morgan fingerprint density at radius 3 is 2.62 bits per heavy atom. The zero-order chi connectivity index (χ0) is 14.7. The summed E-state index contributed by atoms with van der Waals surface area (Å²) in [5.74, 6) is 0.530. The van der Waals surface area contributed by atoms with Gasteiger partial charge in [0.1, 0.15) is 5.82 Å². The first-order chi connectivity index (χ1) is 10.2. The number of pyridine rings is 1. The Bertz CT molecular complexity index is 634. The lowest BCUT2D eigenvalue weighted by Crippen LogP contribution is -2.36. The van der Waals surface area contributed by atoms with Gasteiger partial charge in [-0.05, 0) is 29.8 Å². The van der Waals surface area contributed by atoms with Crippen molar-refractivity contribution in [3.05, 3.63) is 48.2 Å². The maximum absolute atomic E-state index is 11.2. The van der Waals surface area contributed by atoms with Gasteiger partial charge >= 0.3 is 0 Å². The van der Waals surface area contributed by atoms with Gasteiger partial charge in [0.2, 0.25) is 5.91 Å². The molecule has 0 bridgehead atoms. The summed E-state index contributed by atoms with van der Waals surface area (Å²) in [6.07, 6.45) is 1.82. The molecule has 21 heavy (non-hydrogen) atoms. The number of amides is 1. The third-order valence-electron chi connectivity index (χ3n) is 3.56. The molecule has 1 aromatic carbocycles. The number of morpholine rings is 1. The monoisotopic (exact) mass is 283 g/mol. The number of nitrogens with zero attached hydrogens (tertiary/aromatic N) is 2. The van der Waals surface area contributed by atoms with Crippen molar-refractivity contribution in [2.75, 3.05) is 31.2 Å². The molecule has 1 fully saturated rings. The van der Waals surface area contributed by atoms with Gasteiger partial charge in [0, 0.05) is 30.4 Å². The van der Waals surface area contributed by atoms with Gasteiger partial charge in [0.15, 0.2) is 0 Å². The number of anilines is 1. The molecule has 0 unspecified atom stereocenters. The highest BCUT2D eigenvalue weighted by Crippen LogP contribution is 2.22. The highest BCUT2D eigenvalue weighted by atomic mass is 16.5. The molecular formula is C16H17N3O2. The van der Waals surface area contributed by atoms with Gasteiger partial charge in [0.25, 0.3) is 0 Å². The second kappa shape index (κ2) is 5.93. The summed E-state index contributed by atoms with van der Waals surface area (Å²) in [5.41, 5.74) is 7.72. The number of nitrogens with two attached hydrogens (primary N) is 1. The van der Waals surface area contributed by atoms with Crippen LogP contribution < -0.4 is 10.6 Å². The fourth-order valence-electron chi connectivity index (χ4n) is 2.39. The van der Waals surface area contributed by atoms with E-state index < -0.39 is 5.91 Å². The van der Waals surface area contributed by atoms with Crippen molar-refractivity contribution in [1.29, 1.82) is 0 Å². The van der Waals surface area contributed by atoms with Crippen LogP contribution in [0.25, 0.3) is 11.1 Å². The van der Waals surface area contributed by atoms with Gasteiger partial charge in [-0.1, -0.05) is 12.1 Å². The zero-order valence-corrected chi connectivity index (χ0v) is 11.7. The Labute approximate surface area is 123 Å². The van der Waals surface area contributed by atoms with Crippen LogP contribution in [0.1, 0.15) is 10.4 Å². The molecule has 1 aliphatic heterocycles. The van der Waals surface area contributed by atoms with Crippen molar-refractivity contribution in [1.82, 2.24) is 4.98 Å². The summed E-state index contributed by atoms with van der Waals surface area (Å²) in [5, 5.41) is 0. The predicted molar refractivity (Wildman–Crippen MR) is 81.2 cm³/mol. The number of carbonyl (C=O) groups excluding carboxylic acids is 1. The summed E-state index contributed by atoms with van der Waals surface area (Å²) in [7, 11) is 0. The molecule has 1 aromatic heterocycles. The average Bonchev–Trinajstić information content (AvgIpc) is 2.56. The fourth-order valence-corrected chi connectivity index (χ4v) is 2.39. The van der Waals surface area contributed by atoms with Crippen LogP contribution in [-0.2, 0) is 4.74 Å². The summed E-state index contributed by atoms with van der Waals surface area (Å²) in [4.78, 5) is 17.9. The number of primary amides is 1. The van der Waals surface area contributed by atoms with Crippen LogP contribution in [0.3, 0.4) is 0 Å². The van der Waals surface area contributed by atoms with Gasteiger partial charge in [-0.2, -0.15) is 0 Å². The van der Waals surface area contributed by atoms with Crippen LogP contribution >= 0.6 is 0 Å². The van der Waals surface area contributed by atoms with Crippen LogP contribution in [0.4, 0.5) is 5.82 Å². The summed E-state index contributed by atoms with van der Waals surface area (Å²) < 4.78 is 5.34. The zero-order valence-electron chi connectivity index (χ0n) is 11.7. The molecule has 0 spiro atoms. The molecule has 2 N–H and O–H groups in total. The van der Waals surface area contributed by atoms with Crippen molar-refractivity contribution in [3.63, 3.8) is 0 Å². The number of ether oxygens (including phenoxy) is 1. The first-order valence-electron chi connectivity index (χ1n) is 6.93. The normalized spacial score (nSPS) is 15.0. The van der Waals surface area contributed by atoms with E-state index >= 15 is 0 Å². The molecular weight excluding hydrogens is 266 g/mol. The van der Waals surface area contributed by atoms with E-state index in [0.29, 0.717) is 5.56 Å². The van der Waals surface area contributed by atoms with E-state index in [-0.39, 0.29) is 0 Å². The van der Waals surface area contributed by atoms with Crippen molar-refractivity contribution in [2.24, 2.45) is 5.73 Å². The van der Waals surface area contributed by atoms with Crippen molar-refractivity contribution >= 4 is 11.7 Å². The van der Waals surface area contributed by atoms with Crippen LogP contribution in [-0.4, -0.2) is 37.2 Å². The SMILES string of the molecule is NC(=O)c1cccc(-c2ccc(N3CCOCC3)nc2)c1. The third-order valence-corrected chi connectivity index (χ3v) is 3.56. The minimum absolute atomic E-state index is 0.422. The Kier molecular flexibility index (Phi) is 3.83. The Balaban J connectivity index is 1.83. The number of hydrogen-bond donors (Lipinski definition) is 1. The van der Waals surface area contributed by atoms with Crippen LogP contribution in [0.5, 0.6) is 0 Å². The number of carbonyl (C=O) groups is 1. The fraction of sp³-hybridized carbons (Fsp3) is 0.250. The first-order valence-corrected chi connectivity index (χ1v) is 6.93. The average molecular weight is 283 g/mol. The summed E-state index contributed by atoms with van der Waals surface area (Å²) >= 11 is 0. The number of aromatic nitrogens is 1. The maximum atomic E-state index is 11.2. The topological polar surface area (TPSA) is 68.5 Å². The number of benzene rings is 1. The van der Waals surface area contributed by atoms with E-state index in [1.54, 1.807) is 12.1 Å². The molecule has 0 radical (unpaired) electrons. The van der Waals surface area contributed by atoms with Gasteiger partial charge in [-0.25, -0.2) is 4.98 Å². The number of rotatable bonds is 3. The summed E-state index contributed by atoms with van der Waals surface area (Å²) in [6, 6.07) is 11.3. The van der Waals surface area contributed by atoms with E-state index in [0.717, 1.165) is 43.2 Å². The molecule has 2 heterocycles. The lowest BCUT2D eigenvalue weighted by atomic mass is 10.0. The van der Waals surface area contributed by atoms with Crippen molar-refractivity contribution < 1.29 is 9.53 Å². The lowest BCUT2D eigenvalue weighted by Gasteiger charge is -2.27. The number of hydrogen-bond acceptors (Lipinski definition) is 4. The van der Waals surface area contributed by atoms with Gasteiger partial charge in [-0.3, -0.25) is 4.79 Å². The smallest absolute Gasteiger partial charge is 0.248 e. The van der Waals surface area contributed by atoms with Gasteiger partial charge < -0.3 is 15.4 Å². The molecule has 1 aliphatic rings. The second-order valence-corrected chi connectivity index (χ2v) is 4.95. The standard InChI is InChI=1S/C16H17N3O2/c17-16(20)13-3-1-2-12(10-13)14-4-5-15(18-11-14)19-6-8-21-9-7-19/h1-5,10-11H,6-9H2,(H2,17,20). The quantitative estimate of drug-likeness (QED) is 0.930. The molecule has 2 aromatic rings. The van der Waals surface area contributed by atoms with Gasteiger partial charge in [-0.15, -0.1) is 0 Å². The first kappa shape index (κ1) is 13.6.